The highest BCUT2D eigenvalue weighted by atomic mass is 16.5. The molecule has 1 aliphatic rings. The molecule has 3 atom stereocenters. The first kappa shape index (κ1) is 22.0. The quantitative estimate of drug-likeness (QED) is 0.436. The second-order valence-corrected chi connectivity index (χ2v) is 7.46. The summed E-state index contributed by atoms with van der Waals surface area (Å²) in [7, 11) is 7.24. The monoisotopic (exact) mass is 390 g/mol. The van der Waals surface area contributed by atoms with Gasteiger partial charge in [-0.25, -0.2) is 0 Å². The van der Waals surface area contributed by atoms with Crippen LogP contribution >= 0.6 is 0 Å². The predicted octanol–water partition coefficient (Wildman–Crippen LogP) is 2.00. The van der Waals surface area contributed by atoms with E-state index in [1.54, 1.807) is 7.11 Å². The van der Waals surface area contributed by atoms with Crippen molar-refractivity contribution < 1.29 is 14.3 Å². The Morgan fingerprint density at radius 3 is 2.50 bits per heavy atom. The Hall–Kier alpha value is -2.28. The van der Waals surface area contributed by atoms with Crippen molar-refractivity contribution >= 4 is 11.9 Å². The second-order valence-electron chi connectivity index (χ2n) is 7.46. The number of nitrogens with zero attached hydrogens (tertiary/aromatic N) is 3. The lowest BCUT2D eigenvalue weighted by Gasteiger charge is -2.26. The summed E-state index contributed by atoms with van der Waals surface area (Å²) >= 11 is 0. The number of hydrogen-bond acceptors (Lipinski definition) is 5. The SMILES string of the molecule is CCNC(=NCC(c1ccc(OC)cc1)N(C)C)N1CC(C)C(C(=O)OC)C1. The fraction of sp³-hybridized carbons (Fsp3) is 0.619. The second kappa shape index (κ2) is 10.3. The topological polar surface area (TPSA) is 66.4 Å². The van der Waals surface area contributed by atoms with Gasteiger partial charge < -0.3 is 24.6 Å². The summed E-state index contributed by atoms with van der Waals surface area (Å²) in [4.78, 5) is 21.2. The Morgan fingerprint density at radius 2 is 1.96 bits per heavy atom. The van der Waals surface area contributed by atoms with Crippen molar-refractivity contribution in [3.05, 3.63) is 29.8 Å². The van der Waals surface area contributed by atoms with Crippen molar-refractivity contribution in [2.24, 2.45) is 16.8 Å². The summed E-state index contributed by atoms with van der Waals surface area (Å²) in [6, 6.07) is 8.26. The summed E-state index contributed by atoms with van der Waals surface area (Å²) in [6.45, 7) is 6.97. The van der Waals surface area contributed by atoms with E-state index in [0.29, 0.717) is 13.1 Å². The zero-order chi connectivity index (χ0) is 20.7. The number of likely N-dealkylation sites (tertiary alicyclic amines) is 1. The number of aliphatic imine (C=N–C) groups is 1. The maximum absolute atomic E-state index is 12.0. The molecule has 1 saturated heterocycles. The van der Waals surface area contributed by atoms with Gasteiger partial charge in [0.2, 0.25) is 0 Å². The molecule has 0 amide bonds. The highest BCUT2D eigenvalue weighted by Crippen LogP contribution is 2.25. The van der Waals surface area contributed by atoms with E-state index in [9.17, 15) is 4.79 Å². The molecule has 0 aliphatic carbocycles. The number of methoxy groups -OCH3 is 2. The smallest absolute Gasteiger partial charge is 0.310 e. The van der Waals surface area contributed by atoms with E-state index in [0.717, 1.165) is 24.8 Å². The molecular weight excluding hydrogens is 356 g/mol. The zero-order valence-electron chi connectivity index (χ0n) is 17.9. The van der Waals surface area contributed by atoms with Crippen LogP contribution in [0.4, 0.5) is 0 Å². The van der Waals surface area contributed by atoms with Gasteiger partial charge >= 0.3 is 5.97 Å². The third-order valence-corrected chi connectivity index (χ3v) is 5.29. The summed E-state index contributed by atoms with van der Waals surface area (Å²) in [5.41, 5.74) is 1.19. The lowest BCUT2D eigenvalue weighted by atomic mass is 9.99. The van der Waals surface area contributed by atoms with Crippen LogP contribution in [0.25, 0.3) is 0 Å². The van der Waals surface area contributed by atoms with Crippen LogP contribution in [0.15, 0.2) is 29.3 Å². The van der Waals surface area contributed by atoms with Gasteiger partial charge in [-0.15, -0.1) is 0 Å². The number of carbonyl (C=O) groups excluding carboxylic acids is 1. The van der Waals surface area contributed by atoms with Gasteiger partial charge in [0.1, 0.15) is 5.75 Å². The standard InChI is InChI=1S/C21H34N4O3/c1-7-22-21(25-13-15(2)18(14-25)20(26)28-6)23-12-19(24(3)4)16-8-10-17(27-5)11-9-16/h8-11,15,18-19H,7,12-14H2,1-6H3,(H,22,23). The molecule has 0 saturated carbocycles. The molecule has 7 heteroatoms. The van der Waals surface area contributed by atoms with Crippen molar-refractivity contribution in [3.8, 4) is 5.75 Å². The number of esters is 1. The molecule has 0 radical (unpaired) electrons. The van der Waals surface area contributed by atoms with Crippen LogP contribution in [0.1, 0.15) is 25.5 Å². The van der Waals surface area contributed by atoms with E-state index in [1.807, 2.05) is 12.1 Å². The van der Waals surface area contributed by atoms with E-state index >= 15 is 0 Å². The number of rotatable bonds is 7. The lowest BCUT2D eigenvalue weighted by Crippen LogP contribution is -2.41. The third kappa shape index (κ3) is 5.38. The van der Waals surface area contributed by atoms with Crippen LogP contribution in [0.5, 0.6) is 5.75 Å². The molecule has 0 bridgehead atoms. The van der Waals surface area contributed by atoms with Gasteiger partial charge in [-0.3, -0.25) is 9.79 Å². The highest BCUT2D eigenvalue weighted by molar-refractivity contribution is 5.82. The minimum Gasteiger partial charge on any atom is -0.497 e. The molecule has 1 N–H and O–H groups in total. The average Bonchev–Trinajstić information content (AvgIpc) is 3.08. The van der Waals surface area contributed by atoms with Crippen molar-refractivity contribution in [2.75, 3.05) is 54.5 Å². The summed E-state index contributed by atoms with van der Waals surface area (Å²) in [5.74, 6) is 1.68. The molecule has 0 aromatic heterocycles. The van der Waals surface area contributed by atoms with E-state index < -0.39 is 0 Å². The first-order valence-corrected chi connectivity index (χ1v) is 9.82. The van der Waals surface area contributed by atoms with Gasteiger partial charge in [0.25, 0.3) is 0 Å². The Kier molecular flexibility index (Phi) is 8.11. The minimum atomic E-state index is -0.143. The number of ether oxygens (including phenoxy) is 2. The normalized spacial score (nSPS) is 21.0. The molecule has 0 spiro atoms. The molecule has 1 aliphatic heterocycles. The Balaban J connectivity index is 2.16. The maximum Gasteiger partial charge on any atom is 0.310 e. The van der Waals surface area contributed by atoms with Crippen LogP contribution in [-0.4, -0.2) is 76.2 Å². The fourth-order valence-electron chi connectivity index (χ4n) is 3.59. The first-order chi connectivity index (χ1) is 13.4. The van der Waals surface area contributed by atoms with Crippen molar-refractivity contribution in [1.29, 1.82) is 0 Å². The van der Waals surface area contributed by atoms with Gasteiger partial charge in [-0.1, -0.05) is 19.1 Å². The first-order valence-electron chi connectivity index (χ1n) is 9.82. The predicted molar refractivity (Wildman–Crippen MR) is 112 cm³/mol. The van der Waals surface area contributed by atoms with Crippen LogP contribution in [0.2, 0.25) is 0 Å². The number of likely N-dealkylation sites (N-methyl/N-ethyl adjacent to an activating group) is 1. The van der Waals surface area contributed by atoms with Gasteiger partial charge in [-0.05, 0) is 44.6 Å². The molecule has 28 heavy (non-hydrogen) atoms. The molecule has 1 aromatic carbocycles. The van der Waals surface area contributed by atoms with Gasteiger partial charge in [0.15, 0.2) is 5.96 Å². The van der Waals surface area contributed by atoms with Crippen LogP contribution in [0, 0.1) is 11.8 Å². The maximum atomic E-state index is 12.0. The van der Waals surface area contributed by atoms with Crippen LogP contribution < -0.4 is 10.1 Å². The van der Waals surface area contributed by atoms with Gasteiger partial charge in [0.05, 0.1) is 32.7 Å². The van der Waals surface area contributed by atoms with Crippen molar-refractivity contribution in [2.45, 2.75) is 19.9 Å². The number of guanidine groups is 1. The largest absolute Gasteiger partial charge is 0.497 e. The van der Waals surface area contributed by atoms with Crippen LogP contribution in [-0.2, 0) is 9.53 Å². The number of benzene rings is 1. The molecule has 1 aromatic rings. The van der Waals surface area contributed by atoms with Crippen LogP contribution in [0.3, 0.4) is 0 Å². The molecule has 1 heterocycles. The Bertz CT molecular complexity index is 660. The fourth-order valence-corrected chi connectivity index (χ4v) is 3.59. The number of carbonyl (C=O) groups is 1. The van der Waals surface area contributed by atoms with Gasteiger partial charge in [-0.2, -0.15) is 0 Å². The van der Waals surface area contributed by atoms with Gasteiger partial charge in [0, 0.05) is 19.6 Å². The van der Waals surface area contributed by atoms with E-state index in [4.69, 9.17) is 14.5 Å². The number of nitrogens with one attached hydrogen (secondary N) is 1. The molecular formula is C21H34N4O3. The van der Waals surface area contributed by atoms with E-state index in [-0.39, 0.29) is 23.8 Å². The molecule has 3 unspecified atom stereocenters. The molecule has 1 fully saturated rings. The number of hydrogen-bond donors (Lipinski definition) is 1. The van der Waals surface area contributed by atoms with E-state index in [2.05, 4.69) is 55.2 Å². The average molecular weight is 391 g/mol. The summed E-state index contributed by atoms with van der Waals surface area (Å²) in [5, 5.41) is 3.37. The summed E-state index contributed by atoms with van der Waals surface area (Å²) in [6.07, 6.45) is 0. The molecule has 7 nitrogen and oxygen atoms in total. The summed E-state index contributed by atoms with van der Waals surface area (Å²) < 4.78 is 10.2. The lowest BCUT2D eigenvalue weighted by molar-refractivity contribution is -0.145. The van der Waals surface area contributed by atoms with E-state index in [1.165, 1.54) is 12.7 Å². The minimum absolute atomic E-state index is 0.111. The molecule has 156 valence electrons. The Labute approximate surface area is 168 Å². The third-order valence-electron chi connectivity index (χ3n) is 5.29. The highest BCUT2D eigenvalue weighted by Gasteiger charge is 2.37. The van der Waals surface area contributed by atoms with Crippen molar-refractivity contribution in [3.63, 3.8) is 0 Å². The van der Waals surface area contributed by atoms with Crippen molar-refractivity contribution in [1.82, 2.24) is 15.1 Å². The Morgan fingerprint density at radius 1 is 1.29 bits per heavy atom. The molecule has 2 rings (SSSR count). The zero-order valence-corrected chi connectivity index (χ0v) is 17.9.